The van der Waals surface area contributed by atoms with Gasteiger partial charge in [-0.25, -0.2) is 4.39 Å². The predicted molar refractivity (Wildman–Crippen MR) is 65.7 cm³/mol. The second-order valence-corrected chi connectivity index (χ2v) is 4.94. The Bertz CT molecular complexity index is 481. The van der Waals surface area contributed by atoms with E-state index >= 15 is 0 Å². The highest BCUT2D eigenvalue weighted by atomic mass is 35.5. The molecule has 1 fully saturated rings. The lowest BCUT2D eigenvalue weighted by molar-refractivity contribution is -0.143. The van der Waals surface area contributed by atoms with Gasteiger partial charge in [-0.05, 0) is 18.9 Å². The molecule has 0 aliphatic heterocycles. The lowest BCUT2D eigenvalue weighted by Gasteiger charge is -2.26. The second-order valence-electron chi connectivity index (χ2n) is 4.54. The zero-order valence-corrected chi connectivity index (χ0v) is 10.8. The first-order valence-electron chi connectivity index (χ1n) is 5.79. The van der Waals surface area contributed by atoms with Crippen molar-refractivity contribution in [3.63, 3.8) is 0 Å². The molecule has 0 amide bonds. The summed E-state index contributed by atoms with van der Waals surface area (Å²) in [6.07, 6.45) is 2.64. The fraction of sp³-hybridized carbons (Fsp3) is 0.462. The van der Waals surface area contributed by atoms with Gasteiger partial charge in [0, 0.05) is 5.56 Å². The Kier molecular flexibility index (Phi) is 3.48. The first-order chi connectivity index (χ1) is 8.53. The number of carbonyl (C=O) groups is 1. The predicted octanol–water partition coefficient (Wildman–Crippen LogP) is 3.38. The summed E-state index contributed by atoms with van der Waals surface area (Å²) in [6.45, 7) is 0. The largest absolute Gasteiger partial charge is 0.493 e. The van der Waals surface area contributed by atoms with E-state index in [2.05, 4.69) is 0 Å². The molecule has 0 unspecified atom stereocenters. The fourth-order valence-corrected chi connectivity index (χ4v) is 2.83. The van der Waals surface area contributed by atoms with E-state index in [-0.39, 0.29) is 10.8 Å². The zero-order chi connectivity index (χ0) is 13.3. The summed E-state index contributed by atoms with van der Waals surface area (Å²) in [5, 5.41) is 9.43. The van der Waals surface area contributed by atoms with Crippen molar-refractivity contribution in [1.29, 1.82) is 0 Å². The number of methoxy groups -OCH3 is 1. The van der Waals surface area contributed by atoms with E-state index in [4.69, 9.17) is 16.3 Å². The van der Waals surface area contributed by atoms with Crippen molar-refractivity contribution in [2.24, 2.45) is 0 Å². The minimum atomic E-state index is -1.04. The van der Waals surface area contributed by atoms with Crippen LogP contribution in [0.5, 0.6) is 5.75 Å². The fourth-order valence-electron chi connectivity index (χ4n) is 2.69. The van der Waals surface area contributed by atoms with Crippen LogP contribution in [0, 0.1) is 5.82 Å². The molecule has 18 heavy (non-hydrogen) atoms. The first kappa shape index (κ1) is 13.1. The van der Waals surface area contributed by atoms with Crippen LogP contribution in [0.3, 0.4) is 0 Å². The van der Waals surface area contributed by atoms with Crippen LogP contribution < -0.4 is 4.74 Å². The van der Waals surface area contributed by atoms with Crippen molar-refractivity contribution >= 4 is 17.6 Å². The standard InChI is InChI=1S/C13H14ClFO3/c1-18-11-8(4-5-9(14)10(11)15)13(12(16)17)6-2-3-7-13/h4-5H,2-3,6-7H2,1H3,(H,16,17). The highest BCUT2D eigenvalue weighted by molar-refractivity contribution is 6.30. The smallest absolute Gasteiger partial charge is 0.314 e. The number of hydrogen-bond donors (Lipinski definition) is 1. The molecular formula is C13H14ClFO3. The Morgan fingerprint density at radius 1 is 1.44 bits per heavy atom. The average Bonchev–Trinajstić information content (AvgIpc) is 2.82. The van der Waals surface area contributed by atoms with Crippen LogP contribution in [0.25, 0.3) is 0 Å². The topological polar surface area (TPSA) is 46.5 Å². The minimum Gasteiger partial charge on any atom is -0.493 e. The van der Waals surface area contributed by atoms with Gasteiger partial charge in [-0.1, -0.05) is 30.5 Å². The third-order valence-electron chi connectivity index (χ3n) is 3.64. The van der Waals surface area contributed by atoms with Gasteiger partial charge in [0.1, 0.15) is 0 Å². The summed E-state index contributed by atoms with van der Waals surface area (Å²) in [4.78, 5) is 11.6. The molecule has 0 atom stereocenters. The Labute approximate surface area is 110 Å². The van der Waals surface area contributed by atoms with Gasteiger partial charge in [0.25, 0.3) is 0 Å². The van der Waals surface area contributed by atoms with Crippen LogP contribution in [0.15, 0.2) is 12.1 Å². The Morgan fingerprint density at radius 2 is 2.06 bits per heavy atom. The van der Waals surface area contributed by atoms with Crippen molar-refractivity contribution in [2.45, 2.75) is 31.1 Å². The Hall–Kier alpha value is -1.29. The molecule has 5 heteroatoms. The molecule has 3 nitrogen and oxygen atoms in total. The van der Waals surface area contributed by atoms with Crippen LogP contribution in [0.1, 0.15) is 31.2 Å². The van der Waals surface area contributed by atoms with Gasteiger partial charge < -0.3 is 9.84 Å². The minimum absolute atomic E-state index is 0.0493. The lowest BCUT2D eigenvalue weighted by atomic mass is 9.78. The molecule has 0 radical (unpaired) electrons. The van der Waals surface area contributed by atoms with Crippen LogP contribution in [0.2, 0.25) is 5.02 Å². The molecule has 2 rings (SSSR count). The summed E-state index contributed by atoms with van der Waals surface area (Å²) in [5.74, 6) is -1.67. The maximum Gasteiger partial charge on any atom is 0.314 e. The third-order valence-corrected chi connectivity index (χ3v) is 3.93. The number of carboxylic acid groups (broad SMARTS) is 1. The summed E-state index contributed by atoms with van der Waals surface area (Å²) >= 11 is 5.69. The Balaban J connectivity index is 2.62. The van der Waals surface area contributed by atoms with Crippen molar-refractivity contribution in [2.75, 3.05) is 7.11 Å². The number of ether oxygens (including phenoxy) is 1. The molecule has 0 aromatic heterocycles. The second kappa shape index (κ2) is 4.76. The quantitative estimate of drug-likeness (QED) is 0.917. The van der Waals surface area contributed by atoms with Gasteiger partial charge >= 0.3 is 5.97 Å². The molecular weight excluding hydrogens is 259 g/mol. The molecule has 1 N–H and O–H groups in total. The van der Waals surface area contributed by atoms with Crippen LogP contribution in [-0.2, 0) is 10.2 Å². The van der Waals surface area contributed by atoms with E-state index in [1.165, 1.54) is 13.2 Å². The van der Waals surface area contributed by atoms with E-state index in [9.17, 15) is 14.3 Å². The zero-order valence-electron chi connectivity index (χ0n) is 10.0. The maximum atomic E-state index is 13.9. The van der Waals surface area contributed by atoms with Crippen molar-refractivity contribution in [3.8, 4) is 5.75 Å². The molecule has 1 aromatic carbocycles. The molecule has 1 saturated carbocycles. The summed E-state index contributed by atoms with van der Waals surface area (Å²) < 4.78 is 18.9. The number of benzene rings is 1. The Morgan fingerprint density at radius 3 is 2.56 bits per heavy atom. The number of aliphatic carboxylic acids is 1. The van der Waals surface area contributed by atoms with Crippen LogP contribution in [0.4, 0.5) is 4.39 Å². The van der Waals surface area contributed by atoms with Gasteiger partial charge in [0.15, 0.2) is 11.6 Å². The third kappa shape index (κ3) is 1.85. The number of halogens is 2. The van der Waals surface area contributed by atoms with Gasteiger partial charge in [-0.2, -0.15) is 0 Å². The van der Waals surface area contributed by atoms with E-state index in [1.54, 1.807) is 6.07 Å². The number of hydrogen-bond acceptors (Lipinski definition) is 2. The molecule has 1 aromatic rings. The number of carboxylic acids is 1. The highest BCUT2D eigenvalue weighted by Crippen LogP contribution is 2.46. The summed E-state index contributed by atoms with van der Waals surface area (Å²) in [5.41, 5.74) is -0.659. The van der Waals surface area contributed by atoms with Crippen molar-refractivity contribution in [3.05, 3.63) is 28.5 Å². The summed E-state index contributed by atoms with van der Waals surface area (Å²) in [6, 6.07) is 2.95. The highest BCUT2D eigenvalue weighted by Gasteiger charge is 2.45. The summed E-state index contributed by atoms with van der Waals surface area (Å²) in [7, 11) is 1.32. The average molecular weight is 273 g/mol. The molecule has 98 valence electrons. The van der Waals surface area contributed by atoms with Crippen LogP contribution >= 0.6 is 11.6 Å². The lowest BCUT2D eigenvalue weighted by Crippen LogP contribution is -2.33. The normalized spacial score (nSPS) is 17.7. The van der Waals surface area contributed by atoms with E-state index in [1.807, 2.05) is 0 Å². The van der Waals surface area contributed by atoms with E-state index in [0.29, 0.717) is 18.4 Å². The van der Waals surface area contributed by atoms with Gasteiger partial charge in [0.05, 0.1) is 17.5 Å². The molecule has 0 heterocycles. The van der Waals surface area contributed by atoms with Gasteiger partial charge in [-0.15, -0.1) is 0 Å². The molecule has 1 aliphatic rings. The molecule has 1 aliphatic carbocycles. The van der Waals surface area contributed by atoms with Gasteiger partial charge in [-0.3, -0.25) is 4.79 Å². The van der Waals surface area contributed by atoms with E-state index in [0.717, 1.165) is 12.8 Å². The molecule has 0 bridgehead atoms. The first-order valence-corrected chi connectivity index (χ1v) is 6.16. The van der Waals surface area contributed by atoms with Crippen molar-refractivity contribution in [1.82, 2.24) is 0 Å². The molecule has 0 spiro atoms. The van der Waals surface area contributed by atoms with Crippen LogP contribution in [-0.4, -0.2) is 18.2 Å². The van der Waals surface area contributed by atoms with Crippen molar-refractivity contribution < 1.29 is 19.0 Å². The molecule has 0 saturated heterocycles. The monoisotopic (exact) mass is 272 g/mol. The maximum absolute atomic E-state index is 13.9. The van der Waals surface area contributed by atoms with E-state index < -0.39 is 17.2 Å². The number of rotatable bonds is 3. The SMILES string of the molecule is COc1c(C2(C(=O)O)CCCC2)ccc(Cl)c1F. The van der Waals surface area contributed by atoms with Gasteiger partial charge in [0.2, 0.25) is 0 Å².